The molecule has 0 bridgehead atoms. The summed E-state index contributed by atoms with van der Waals surface area (Å²) in [6, 6.07) is 6.12. The van der Waals surface area contributed by atoms with Crippen LogP contribution in [0.5, 0.6) is 0 Å². The third-order valence-corrected chi connectivity index (χ3v) is 5.11. The predicted molar refractivity (Wildman–Crippen MR) is 75.7 cm³/mol. The van der Waals surface area contributed by atoms with Crippen molar-refractivity contribution in [2.45, 2.75) is 33.5 Å². The van der Waals surface area contributed by atoms with Gasteiger partial charge >= 0.3 is 0 Å². The monoisotopic (exact) mass is 283 g/mol. The van der Waals surface area contributed by atoms with Gasteiger partial charge in [0.25, 0.3) is 10.2 Å². The molecule has 0 atom stereocenters. The van der Waals surface area contributed by atoms with Gasteiger partial charge in [-0.05, 0) is 16.7 Å². The second-order valence-electron chi connectivity index (χ2n) is 4.62. The first-order chi connectivity index (χ1) is 9.06. The van der Waals surface area contributed by atoms with Crippen LogP contribution in [0.2, 0.25) is 0 Å². The van der Waals surface area contributed by atoms with Crippen LogP contribution in [0.25, 0.3) is 0 Å². The zero-order valence-electron chi connectivity index (χ0n) is 11.4. The summed E-state index contributed by atoms with van der Waals surface area (Å²) in [6.45, 7) is 6.76. The summed E-state index contributed by atoms with van der Waals surface area (Å²) in [7, 11) is -3.37. The Hall–Kier alpha value is -0.950. The highest BCUT2D eigenvalue weighted by Gasteiger charge is 2.18. The van der Waals surface area contributed by atoms with E-state index in [9.17, 15) is 8.42 Å². The molecule has 2 rings (SSSR count). The van der Waals surface area contributed by atoms with Crippen LogP contribution in [0.15, 0.2) is 18.2 Å². The molecule has 0 saturated heterocycles. The molecule has 0 aliphatic carbocycles. The van der Waals surface area contributed by atoms with Crippen LogP contribution in [-0.4, -0.2) is 25.8 Å². The van der Waals surface area contributed by atoms with Crippen molar-refractivity contribution in [2.75, 3.05) is 13.1 Å². The summed E-state index contributed by atoms with van der Waals surface area (Å²) in [4.78, 5) is 0. The van der Waals surface area contributed by atoms with Gasteiger partial charge in [0, 0.05) is 32.7 Å². The normalized spacial score (nSPS) is 14.9. The van der Waals surface area contributed by atoms with Crippen molar-refractivity contribution in [1.82, 2.24) is 14.3 Å². The van der Waals surface area contributed by atoms with Crippen LogP contribution in [0.3, 0.4) is 0 Å². The molecule has 1 aliphatic heterocycles. The Bertz CT molecular complexity index is 539. The Morgan fingerprint density at radius 2 is 1.89 bits per heavy atom. The van der Waals surface area contributed by atoms with Crippen molar-refractivity contribution >= 4 is 10.2 Å². The van der Waals surface area contributed by atoms with Crippen molar-refractivity contribution < 1.29 is 8.42 Å². The van der Waals surface area contributed by atoms with Crippen LogP contribution >= 0.6 is 0 Å². The molecule has 1 aliphatic rings. The van der Waals surface area contributed by atoms with Crippen LogP contribution in [0.4, 0.5) is 0 Å². The lowest BCUT2D eigenvalue weighted by molar-refractivity contribution is 0.434. The second kappa shape index (κ2) is 6.00. The number of fused-ring (bicyclic) bond motifs is 1. The number of rotatable bonds is 6. The van der Waals surface area contributed by atoms with E-state index in [1.165, 1.54) is 15.4 Å². The minimum atomic E-state index is -3.37. The summed E-state index contributed by atoms with van der Waals surface area (Å²) >= 11 is 0. The van der Waals surface area contributed by atoms with Gasteiger partial charge in [-0.3, -0.25) is 0 Å². The van der Waals surface area contributed by atoms with Gasteiger partial charge in [0.05, 0.1) is 0 Å². The molecule has 19 heavy (non-hydrogen) atoms. The molecular formula is C13H21N3O2S. The minimum Gasteiger partial charge on any atom is -0.309 e. The maximum atomic E-state index is 12.0. The molecular weight excluding hydrogens is 262 g/mol. The standard InChI is InChI=1S/C13H21N3O2S/c1-3-16(4-2)19(17,18)15-8-11-5-6-12-9-14-10-13(12)7-11/h5-7,14-15H,3-4,8-10H2,1-2H3. The molecule has 0 amide bonds. The number of benzene rings is 1. The predicted octanol–water partition coefficient (Wildman–Crippen LogP) is 0.966. The van der Waals surface area contributed by atoms with E-state index in [0.717, 1.165) is 18.7 Å². The van der Waals surface area contributed by atoms with Gasteiger partial charge in [0.2, 0.25) is 0 Å². The summed E-state index contributed by atoms with van der Waals surface area (Å²) < 4.78 is 28.1. The Morgan fingerprint density at radius 3 is 2.58 bits per heavy atom. The van der Waals surface area contributed by atoms with Crippen molar-refractivity contribution in [2.24, 2.45) is 0 Å². The van der Waals surface area contributed by atoms with Gasteiger partial charge in [0.15, 0.2) is 0 Å². The summed E-state index contributed by atoms with van der Waals surface area (Å²) in [5, 5.41) is 3.28. The van der Waals surface area contributed by atoms with Gasteiger partial charge in [-0.1, -0.05) is 32.0 Å². The van der Waals surface area contributed by atoms with E-state index in [-0.39, 0.29) is 0 Å². The van der Waals surface area contributed by atoms with Crippen molar-refractivity contribution in [1.29, 1.82) is 0 Å². The Kier molecular flexibility index (Phi) is 4.57. The lowest BCUT2D eigenvalue weighted by atomic mass is 10.1. The van der Waals surface area contributed by atoms with Crippen molar-refractivity contribution in [3.63, 3.8) is 0 Å². The van der Waals surface area contributed by atoms with E-state index in [1.807, 2.05) is 19.9 Å². The fraction of sp³-hybridized carbons (Fsp3) is 0.538. The zero-order chi connectivity index (χ0) is 13.9. The SMILES string of the molecule is CCN(CC)S(=O)(=O)NCc1ccc2c(c1)CNC2. The van der Waals surface area contributed by atoms with E-state index in [4.69, 9.17) is 0 Å². The van der Waals surface area contributed by atoms with Crippen molar-refractivity contribution in [3.8, 4) is 0 Å². The average molecular weight is 283 g/mol. The molecule has 5 nitrogen and oxygen atoms in total. The van der Waals surface area contributed by atoms with Gasteiger partial charge in [-0.15, -0.1) is 0 Å². The highest BCUT2D eigenvalue weighted by atomic mass is 32.2. The van der Waals surface area contributed by atoms with E-state index in [0.29, 0.717) is 19.6 Å². The summed E-state index contributed by atoms with van der Waals surface area (Å²) in [5.41, 5.74) is 3.56. The van der Waals surface area contributed by atoms with Gasteiger partial charge in [-0.2, -0.15) is 17.4 Å². The maximum Gasteiger partial charge on any atom is 0.279 e. The fourth-order valence-corrected chi connectivity index (χ4v) is 3.50. The first-order valence-corrected chi connectivity index (χ1v) is 8.07. The van der Waals surface area contributed by atoms with Gasteiger partial charge < -0.3 is 5.32 Å². The number of hydrogen-bond acceptors (Lipinski definition) is 3. The molecule has 6 heteroatoms. The van der Waals surface area contributed by atoms with Gasteiger partial charge in [0.1, 0.15) is 0 Å². The lowest BCUT2D eigenvalue weighted by Crippen LogP contribution is -2.40. The average Bonchev–Trinajstić information content (AvgIpc) is 2.85. The third-order valence-electron chi connectivity index (χ3n) is 3.41. The molecule has 1 aromatic carbocycles. The molecule has 106 valence electrons. The second-order valence-corrected chi connectivity index (χ2v) is 6.37. The highest BCUT2D eigenvalue weighted by molar-refractivity contribution is 7.87. The molecule has 0 aromatic heterocycles. The molecule has 0 saturated carbocycles. The quantitative estimate of drug-likeness (QED) is 0.817. The Morgan fingerprint density at radius 1 is 1.21 bits per heavy atom. The molecule has 0 fully saturated rings. The third kappa shape index (κ3) is 3.33. The Balaban J connectivity index is 2.03. The zero-order valence-corrected chi connectivity index (χ0v) is 12.3. The largest absolute Gasteiger partial charge is 0.309 e. The topological polar surface area (TPSA) is 61.4 Å². The van der Waals surface area contributed by atoms with E-state index in [1.54, 1.807) is 0 Å². The molecule has 1 heterocycles. The van der Waals surface area contributed by atoms with Crippen LogP contribution in [0, 0.1) is 0 Å². The number of nitrogens with one attached hydrogen (secondary N) is 2. The maximum absolute atomic E-state index is 12.0. The van der Waals surface area contributed by atoms with Gasteiger partial charge in [-0.25, -0.2) is 0 Å². The molecule has 0 unspecified atom stereocenters. The highest BCUT2D eigenvalue weighted by Crippen LogP contribution is 2.17. The smallest absolute Gasteiger partial charge is 0.279 e. The fourth-order valence-electron chi connectivity index (χ4n) is 2.29. The van der Waals surface area contributed by atoms with Crippen molar-refractivity contribution in [3.05, 3.63) is 34.9 Å². The minimum absolute atomic E-state index is 0.339. The molecule has 0 spiro atoms. The van der Waals surface area contributed by atoms with Crippen LogP contribution in [-0.2, 0) is 29.8 Å². The summed E-state index contributed by atoms with van der Waals surface area (Å²) in [6.07, 6.45) is 0. The van der Waals surface area contributed by atoms with E-state index in [2.05, 4.69) is 22.2 Å². The lowest BCUT2D eigenvalue weighted by Gasteiger charge is -2.18. The number of nitrogens with zero attached hydrogens (tertiary/aromatic N) is 1. The number of hydrogen-bond donors (Lipinski definition) is 2. The Labute approximate surface area is 115 Å². The van der Waals surface area contributed by atoms with E-state index < -0.39 is 10.2 Å². The molecule has 2 N–H and O–H groups in total. The summed E-state index contributed by atoms with van der Waals surface area (Å²) in [5.74, 6) is 0. The van der Waals surface area contributed by atoms with E-state index >= 15 is 0 Å². The first kappa shape index (κ1) is 14.5. The first-order valence-electron chi connectivity index (χ1n) is 6.63. The van der Waals surface area contributed by atoms with Crippen LogP contribution < -0.4 is 10.0 Å². The molecule has 1 aromatic rings. The van der Waals surface area contributed by atoms with Crippen LogP contribution in [0.1, 0.15) is 30.5 Å². The molecule has 0 radical (unpaired) electrons.